The zero-order valence-corrected chi connectivity index (χ0v) is 28.5. The molecule has 0 aromatic rings. The second kappa shape index (κ2) is 527. The van der Waals surface area contributed by atoms with Crippen LogP contribution in [0.5, 0.6) is 0 Å². The fourth-order valence-corrected chi connectivity index (χ4v) is 0.354. The minimum Gasteiger partial charge on any atom is -0.0776 e. The molecule has 0 radical (unpaired) electrons. The highest BCUT2D eigenvalue weighted by atomic mass is 13.7. The fraction of sp³-hybridized carbons (Fsp3) is 1.00. The highest BCUT2D eigenvalue weighted by Crippen LogP contribution is 1.88. The van der Waals surface area contributed by atoms with Crippen LogP contribution in [-0.4, -0.2) is 0 Å². The van der Waals surface area contributed by atoms with E-state index in [-0.39, 0.29) is 89.1 Å². The van der Waals surface area contributed by atoms with Gasteiger partial charge in [0.05, 0.1) is 0 Å². The molecule has 0 amide bonds. The molecule has 0 fully saturated rings. The van der Waals surface area contributed by atoms with Crippen molar-refractivity contribution in [2.24, 2.45) is 0 Å². The lowest BCUT2D eigenvalue weighted by molar-refractivity contribution is 0.772. The summed E-state index contributed by atoms with van der Waals surface area (Å²) in [6.07, 6.45) is 15.3. The van der Waals surface area contributed by atoms with Gasteiger partial charge in [0.25, 0.3) is 0 Å². The predicted octanol–water partition coefficient (Wildman–Crippen LogP) is 22.6. The highest BCUT2D eigenvalue weighted by Gasteiger charge is 1.68. The summed E-state index contributed by atoms with van der Waals surface area (Å²) in [5.41, 5.74) is 0. The quantitative estimate of drug-likeness (QED) is 0.276. The van der Waals surface area contributed by atoms with Crippen molar-refractivity contribution in [2.45, 2.75) is 305 Å². The fourth-order valence-electron chi connectivity index (χ4n) is 0.354. The SMILES string of the molecule is C.C.C.C.C.C.C.C.C.C.C.C.CCC.CCC.CCC.CCC.CCC.CCC.CCC.CCC.CCC.CCCCC. The Labute approximate surface area is 304 Å². The summed E-state index contributed by atoms with van der Waals surface area (Å²) in [6, 6.07) is 0. The van der Waals surface area contributed by atoms with Crippen LogP contribution < -0.4 is 0 Å². The maximum atomic E-state index is 2.21. The summed E-state index contributed by atoms with van der Waals surface area (Å²) < 4.78 is 0. The van der Waals surface area contributed by atoms with Gasteiger partial charge in [-0.2, -0.15) is 0 Å². The van der Waals surface area contributed by atoms with Crippen LogP contribution >= 0.6 is 0 Å². The van der Waals surface area contributed by atoms with Crippen molar-refractivity contribution in [1.29, 1.82) is 0 Å². The van der Waals surface area contributed by atoms with Crippen LogP contribution in [0.15, 0.2) is 0 Å². The van der Waals surface area contributed by atoms with E-state index in [1.165, 1.54) is 77.0 Å². The summed E-state index contributed by atoms with van der Waals surface area (Å²) in [5, 5.41) is 0. The third-order valence-electron chi connectivity index (χ3n) is 0.707. The Kier molecular flexibility index (Phi) is 2010. The molecule has 0 atom stereocenters. The van der Waals surface area contributed by atoms with Crippen LogP contribution in [0.25, 0.3) is 0 Å². The van der Waals surface area contributed by atoms with Gasteiger partial charge >= 0.3 is 0 Å². The lowest BCUT2D eigenvalue weighted by Crippen LogP contribution is -1.59. The van der Waals surface area contributed by atoms with Crippen LogP contribution in [0.1, 0.15) is 305 Å². The molecule has 0 unspecified atom stereocenters. The van der Waals surface area contributed by atoms with Gasteiger partial charge in [-0.15, -0.1) is 0 Å². The van der Waals surface area contributed by atoms with Gasteiger partial charge in [0.2, 0.25) is 0 Å². The first-order valence-electron chi connectivity index (χ1n) is 15.1. The van der Waals surface area contributed by atoms with Gasteiger partial charge in [-0.1, -0.05) is 305 Å². The van der Waals surface area contributed by atoms with Crippen molar-refractivity contribution in [2.75, 3.05) is 0 Å². The minimum atomic E-state index is 0. The monoisotopic (exact) mass is 661 g/mol. The third kappa shape index (κ3) is 17700. The standard InChI is InChI=1S/C5H12.9C3H8.12CH4/c1-3-5-4-2;9*1-3-2;;;;;;;;;;;;/h3-5H2,1-2H3;9*3H2,1-2H3;12*1H4. The molecule has 0 spiro atoms. The van der Waals surface area contributed by atoms with E-state index in [1.807, 2.05) is 0 Å². The number of hydrogen-bond acceptors (Lipinski definition) is 0. The number of hydrogen-bond donors (Lipinski definition) is 0. The summed E-state index contributed by atoms with van der Waals surface area (Å²) >= 11 is 0. The zero-order valence-electron chi connectivity index (χ0n) is 28.5. The van der Waals surface area contributed by atoms with Crippen LogP contribution in [0.4, 0.5) is 0 Å². The first kappa shape index (κ1) is 168. The molecule has 0 heterocycles. The van der Waals surface area contributed by atoms with Gasteiger partial charge in [-0.3, -0.25) is 0 Å². The molecule has 0 bridgehead atoms. The van der Waals surface area contributed by atoms with Crippen LogP contribution in [0.2, 0.25) is 0 Å². The summed E-state index contributed by atoms with van der Waals surface area (Å²) in [5.74, 6) is 0. The third-order valence-corrected chi connectivity index (χ3v) is 0.707. The maximum Gasteiger partial charge on any atom is -0.0538 e. The topological polar surface area (TPSA) is 0 Å². The second-order valence-corrected chi connectivity index (χ2v) is 7.72. The Morgan fingerprint density at radius 1 is 0.159 bits per heavy atom. The van der Waals surface area contributed by atoms with E-state index in [1.54, 1.807) is 0 Å². The van der Waals surface area contributed by atoms with E-state index >= 15 is 0 Å². The summed E-state index contributed by atoms with van der Waals surface area (Å²) in [4.78, 5) is 0. The van der Waals surface area contributed by atoms with E-state index < -0.39 is 0 Å². The van der Waals surface area contributed by atoms with Gasteiger partial charge in [0.15, 0.2) is 0 Å². The lowest BCUT2D eigenvalue weighted by Gasteiger charge is -1.79. The van der Waals surface area contributed by atoms with Crippen molar-refractivity contribution in [3.63, 3.8) is 0 Å². The average molecular weight is 662 g/mol. The molecule has 0 aromatic heterocycles. The molecular weight excluding hydrogens is 528 g/mol. The molecule has 0 saturated heterocycles. The molecule has 0 nitrogen and oxygen atoms in total. The molecule has 0 heteroatoms. The van der Waals surface area contributed by atoms with E-state index in [2.05, 4.69) is 138 Å². The average Bonchev–Trinajstić information content (AvgIpc) is 2.68. The molecular formula is C44H132. The van der Waals surface area contributed by atoms with Gasteiger partial charge in [0, 0.05) is 0 Å². The lowest BCUT2D eigenvalue weighted by atomic mass is 10.3. The molecule has 308 valence electrons. The van der Waals surface area contributed by atoms with Crippen LogP contribution in [-0.2, 0) is 0 Å². The largest absolute Gasteiger partial charge is 0.0776 e. The summed E-state index contributed by atoms with van der Waals surface area (Å²) in [7, 11) is 0. The first-order chi connectivity index (χ1) is 15.1. The van der Waals surface area contributed by atoms with E-state index in [9.17, 15) is 0 Å². The first-order valence-corrected chi connectivity index (χ1v) is 15.1. The molecule has 0 aliphatic heterocycles. The second-order valence-electron chi connectivity index (χ2n) is 7.72. The number of rotatable bonds is 2. The van der Waals surface area contributed by atoms with Crippen molar-refractivity contribution in [3.05, 3.63) is 0 Å². The van der Waals surface area contributed by atoms with Gasteiger partial charge in [-0.25, -0.2) is 0 Å². The maximum absolute atomic E-state index is 2.21. The smallest absolute Gasteiger partial charge is 0.0538 e. The Hall–Kier alpha value is 0. The highest BCUT2D eigenvalue weighted by molar-refractivity contribution is 4.24. The van der Waals surface area contributed by atoms with Crippen molar-refractivity contribution >= 4 is 0 Å². The Bertz CT molecular complexity index is 55.5. The molecule has 44 heavy (non-hydrogen) atoms. The Morgan fingerprint density at radius 2 is 0.205 bits per heavy atom. The summed E-state index contributed by atoms with van der Waals surface area (Å²) in [6.45, 7) is 42.7. The molecule has 0 N–H and O–H groups in total. The van der Waals surface area contributed by atoms with E-state index in [0.29, 0.717) is 0 Å². The van der Waals surface area contributed by atoms with Crippen LogP contribution in [0, 0.1) is 0 Å². The van der Waals surface area contributed by atoms with Crippen LogP contribution in [0.3, 0.4) is 0 Å². The van der Waals surface area contributed by atoms with Crippen molar-refractivity contribution in [1.82, 2.24) is 0 Å². The van der Waals surface area contributed by atoms with Gasteiger partial charge < -0.3 is 0 Å². The Morgan fingerprint density at radius 3 is 0.205 bits per heavy atom. The minimum absolute atomic E-state index is 0. The zero-order chi connectivity index (χ0) is 28.5. The van der Waals surface area contributed by atoms with E-state index in [4.69, 9.17) is 0 Å². The van der Waals surface area contributed by atoms with Crippen molar-refractivity contribution < 1.29 is 0 Å². The van der Waals surface area contributed by atoms with Gasteiger partial charge in [-0.05, 0) is 0 Å². The van der Waals surface area contributed by atoms with Gasteiger partial charge in [0.1, 0.15) is 0 Å². The molecule has 0 saturated carbocycles. The number of unbranched alkanes of at least 4 members (excludes halogenated alkanes) is 2. The normalized spacial score (nSPS) is 4.64. The van der Waals surface area contributed by atoms with Crippen molar-refractivity contribution in [3.8, 4) is 0 Å². The Balaban J connectivity index is -0.00000000596. The predicted molar refractivity (Wildman–Crippen MR) is 250 cm³/mol. The molecule has 0 aliphatic rings. The molecule has 0 aromatic carbocycles. The molecule has 0 rings (SSSR count). The van der Waals surface area contributed by atoms with E-state index in [0.717, 1.165) is 0 Å². The molecule has 0 aliphatic carbocycles.